The number of benzene rings is 16. The van der Waals surface area contributed by atoms with Crippen LogP contribution in [0.1, 0.15) is 21.9 Å². The highest BCUT2D eigenvalue weighted by Crippen LogP contribution is 2.48. The van der Waals surface area contributed by atoms with E-state index in [1.807, 2.05) is 206 Å². The molecule has 0 aliphatic rings. The third-order valence-corrected chi connectivity index (χ3v) is 16.6. The number of fused-ring (bicyclic) bond motifs is 12. The maximum Gasteiger partial charge on any atom is 0.136 e. The highest BCUT2D eigenvalue weighted by molar-refractivity contribution is 6.25. The second-order valence-corrected chi connectivity index (χ2v) is 21.4. The van der Waals surface area contributed by atoms with E-state index >= 15 is 0 Å². The van der Waals surface area contributed by atoms with Crippen LogP contribution in [0.5, 0.6) is 0 Å². The van der Waals surface area contributed by atoms with Crippen molar-refractivity contribution < 1.29 is 30.8 Å². The molecule has 2 heterocycles. The molecule has 0 saturated heterocycles. The molecule has 0 unspecified atom stereocenters. The van der Waals surface area contributed by atoms with E-state index in [1.165, 1.54) is 0 Å². The number of hydrogen-bond donors (Lipinski definition) is 0. The average Bonchev–Trinajstić information content (AvgIpc) is 0.797. The molecule has 0 aliphatic carbocycles. The van der Waals surface area contributed by atoms with Crippen molar-refractivity contribution in [2.24, 2.45) is 0 Å². The summed E-state index contributed by atoms with van der Waals surface area (Å²) in [5.41, 5.74) is 10.2. The van der Waals surface area contributed by atoms with Crippen molar-refractivity contribution in [1.82, 2.24) is 0 Å². The lowest BCUT2D eigenvalue weighted by Gasteiger charge is -2.19. The molecule has 18 rings (SSSR count). The van der Waals surface area contributed by atoms with Gasteiger partial charge in [0.15, 0.2) is 0 Å². The zero-order valence-corrected chi connectivity index (χ0v) is 45.6. The van der Waals surface area contributed by atoms with Gasteiger partial charge in [0.25, 0.3) is 0 Å². The lowest BCUT2D eigenvalue weighted by Crippen LogP contribution is -1.91. The normalized spacial score (nSPS) is 14.3. The molecule has 0 saturated carbocycles. The lowest BCUT2D eigenvalue weighted by molar-refractivity contribution is 0.668. The Morgan fingerprint density at radius 1 is 0.198 bits per heavy atom. The standard InChI is InChI=1S/2C42H26O/c1-2-12-31-28(10-1)11-9-18-34(31)42-37-16-5-3-14-35(37)41(36-15-4-6-17-38(36)42)29-22-20-27(21-23-29)30-24-25-33-32-13-7-8-19-39(32)43-40(33)26-30;1-2-10-27(11-3-1)28-18-19-30-25-31(21-20-29(30)24-28)41-35-13-4-6-15-37(35)42(38-16-7-5-14-36(38)41)32-22-23-34-33-12-8-9-17-39(33)43-40(34)26-32/h2*1-26H/i3D,4D,5D,6D,14D,15D,16D,17D;4D,5D,6D,7D,13D,14D,15D,16D. The molecule has 0 amide bonds. The Labute approximate surface area is 519 Å². The molecular weight excluding hydrogens is 1040 g/mol. The van der Waals surface area contributed by atoms with Gasteiger partial charge < -0.3 is 8.83 Å². The van der Waals surface area contributed by atoms with Gasteiger partial charge in [0.05, 0.1) is 21.9 Å². The topological polar surface area (TPSA) is 26.3 Å². The summed E-state index contributed by atoms with van der Waals surface area (Å²) in [7, 11) is 0. The van der Waals surface area contributed by atoms with Crippen molar-refractivity contribution in [3.05, 3.63) is 315 Å². The van der Waals surface area contributed by atoms with E-state index in [-0.39, 0.29) is 91.4 Å². The van der Waals surface area contributed by atoms with Crippen molar-refractivity contribution in [2.75, 3.05) is 0 Å². The second kappa shape index (κ2) is 20.2. The molecule has 0 bridgehead atoms. The Balaban J connectivity index is 0.000000152. The molecule has 0 radical (unpaired) electrons. The summed E-state index contributed by atoms with van der Waals surface area (Å²) in [6.07, 6.45) is 0. The number of rotatable bonds is 6. The fraction of sp³-hybridized carbons (Fsp3) is 0. The van der Waals surface area contributed by atoms with Gasteiger partial charge in [-0.05, 0) is 180 Å². The predicted molar refractivity (Wildman–Crippen MR) is 365 cm³/mol. The highest BCUT2D eigenvalue weighted by Gasteiger charge is 2.21. The van der Waals surface area contributed by atoms with Crippen LogP contribution >= 0.6 is 0 Å². The van der Waals surface area contributed by atoms with Gasteiger partial charge in [0, 0.05) is 21.5 Å². The molecule has 86 heavy (non-hydrogen) atoms. The largest absolute Gasteiger partial charge is 0.456 e. The van der Waals surface area contributed by atoms with Crippen LogP contribution in [0.2, 0.25) is 0 Å². The Kier molecular flexibility index (Phi) is 8.38. The van der Waals surface area contributed by atoms with E-state index in [4.69, 9.17) is 19.8 Å². The summed E-state index contributed by atoms with van der Waals surface area (Å²) < 4.78 is 156. The summed E-state index contributed by atoms with van der Waals surface area (Å²) in [5.74, 6) is 0. The fourth-order valence-corrected chi connectivity index (χ4v) is 12.7. The minimum Gasteiger partial charge on any atom is -0.456 e. The minimum atomic E-state index is -0.434. The molecule has 0 atom stereocenters. The van der Waals surface area contributed by atoms with Gasteiger partial charge in [-0.15, -0.1) is 0 Å². The van der Waals surface area contributed by atoms with Crippen molar-refractivity contribution >= 4 is 109 Å². The van der Waals surface area contributed by atoms with Crippen LogP contribution in [0.15, 0.2) is 324 Å². The van der Waals surface area contributed by atoms with Crippen LogP contribution in [-0.4, -0.2) is 0 Å². The molecule has 16 aromatic carbocycles. The first-order valence-electron chi connectivity index (χ1n) is 36.2. The van der Waals surface area contributed by atoms with E-state index in [2.05, 4.69) is 6.07 Å². The van der Waals surface area contributed by atoms with E-state index in [0.717, 1.165) is 76.5 Å². The Morgan fingerprint density at radius 2 is 0.547 bits per heavy atom. The van der Waals surface area contributed by atoms with Crippen LogP contribution < -0.4 is 0 Å². The van der Waals surface area contributed by atoms with Crippen molar-refractivity contribution in [1.29, 1.82) is 0 Å². The summed E-state index contributed by atoms with van der Waals surface area (Å²) in [5, 5.41) is 8.80. The monoisotopic (exact) mass is 1110 g/mol. The van der Waals surface area contributed by atoms with Crippen LogP contribution in [0.4, 0.5) is 0 Å². The molecule has 2 nitrogen and oxygen atoms in total. The van der Waals surface area contributed by atoms with Crippen LogP contribution in [0.25, 0.3) is 175 Å². The Hall–Kier alpha value is -11.3. The van der Waals surface area contributed by atoms with Crippen molar-refractivity contribution in [3.8, 4) is 66.8 Å². The highest BCUT2D eigenvalue weighted by atomic mass is 16.3. The van der Waals surface area contributed by atoms with Gasteiger partial charge in [-0.1, -0.05) is 267 Å². The zero-order valence-electron chi connectivity index (χ0n) is 61.6. The number of hydrogen-bond acceptors (Lipinski definition) is 2. The smallest absolute Gasteiger partial charge is 0.136 e. The third-order valence-electron chi connectivity index (χ3n) is 16.6. The molecule has 2 heteroatoms. The molecule has 2 aromatic heterocycles. The van der Waals surface area contributed by atoms with Crippen LogP contribution in [0, 0.1) is 0 Å². The van der Waals surface area contributed by atoms with E-state index < -0.39 is 48.3 Å². The number of furan rings is 2. The summed E-state index contributed by atoms with van der Waals surface area (Å²) in [6.45, 7) is 0. The lowest BCUT2D eigenvalue weighted by atomic mass is 9.84. The van der Waals surface area contributed by atoms with Gasteiger partial charge in [0.1, 0.15) is 22.3 Å². The molecule has 400 valence electrons. The summed E-state index contributed by atoms with van der Waals surface area (Å²) >= 11 is 0. The van der Waals surface area contributed by atoms with Gasteiger partial charge in [-0.3, -0.25) is 0 Å². The first-order valence-corrected chi connectivity index (χ1v) is 28.2. The maximum atomic E-state index is 9.26. The van der Waals surface area contributed by atoms with Gasteiger partial charge in [-0.25, -0.2) is 0 Å². The summed E-state index contributed by atoms with van der Waals surface area (Å²) in [6, 6.07) is 63.9. The van der Waals surface area contributed by atoms with Crippen molar-refractivity contribution in [3.63, 3.8) is 0 Å². The molecule has 0 spiro atoms. The Morgan fingerprint density at radius 3 is 1.10 bits per heavy atom. The number of para-hydroxylation sites is 2. The molecular formula is C84H52O2. The average molecular weight is 1110 g/mol. The van der Waals surface area contributed by atoms with Crippen molar-refractivity contribution in [2.45, 2.75) is 0 Å². The molecule has 18 aromatic rings. The van der Waals surface area contributed by atoms with Crippen LogP contribution in [0.3, 0.4) is 0 Å². The second-order valence-electron chi connectivity index (χ2n) is 21.4. The molecule has 0 fully saturated rings. The predicted octanol–water partition coefficient (Wildman–Crippen LogP) is 24.1. The van der Waals surface area contributed by atoms with E-state index in [9.17, 15) is 11.0 Å². The first-order chi connectivity index (χ1) is 49.3. The van der Waals surface area contributed by atoms with Gasteiger partial charge >= 0.3 is 0 Å². The van der Waals surface area contributed by atoms with Gasteiger partial charge in [0.2, 0.25) is 0 Å². The molecule has 0 N–H and O–H groups in total. The fourth-order valence-electron chi connectivity index (χ4n) is 12.7. The SMILES string of the molecule is [2H]c1c([2H])c([2H])c2c(-c3ccc4c(c3)oc3ccccc34)c3c([2H])c([2H])c([2H])c([2H])c3c(-c3ccc4cc(-c5ccccc5)ccc4c3)c2c1[2H].[2H]c1c([2H])c([2H])c2c(-c3cccc4ccccc34)c3c([2H])c([2H])c([2H])c([2H])c3c(-c3ccc(-c4ccc5c(c4)oc4ccccc45)cc3)c2c1[2H]. The zero-order chi connectivity index (χ0) is 70.6. The first kappa shape index (κ1) is 35.6. The quantitative estimate of drug-likeness (QED) is 0.155. The van der Waals surface area contributed by atoms with E-state index in [1.54, 1.807) is 6.07 Å². The maximum absolute atomic E-state index is 9.26. The third kappa shape index (κ3) is 8.18. The van der Waals surface area contributed by atoms with Crippen LogP contribution in [-0.2, 0) is 0 Å². The molecule has 0 aliphatic heterocycles. The van der Waals surface area contributed by atoms with E-state index in [0.29, 0.717) is 55.7 Å². The Bertz CT molecular complexity index is 6530. The van der Waals surface area contributed by atoms with Gasteiger partial charge in [-0.2, -0.15) is 0 Å². The minimum absolute atomic E-state index is 0.170. The summed E-state index contributed by atoms with van der Waals surface area (Å²) in [4.78, 5) is 0.